The summed E-state index contributed by atoms with van der Waals surface area (Å²) in [5.41, 5.74) is 4.63. The normalized spacial score (nSPS) is 33.6. The molecule has 1 aromatic rings. The van der Waals surface area contributed by atoms with Crippen LogP contribution in [0, 0.1) is 0 Å². The number of aromatic nitrogens is 2. The lowest BCUT2D eigenvalue weighted by molar-refractivity contribution is -0.0613. The molecule has 100 valence electrons. The van der Waals surface area contributed by atoms with E-state index >= 15 is 0 Å². The van der Waals surface area contributed by atoms with Gasteiger partial charge in [-0.3, -0.25) is 4.57 Å². The number of hydrogen-bond acceptors (Lipinski definition) is 7. The summed E-state index contributed by atoms with van der Waals surface area (Å²) < 4.78 is 6.24. The second-order valence-corrected chi connectivity index (χ2v) is 4.83. The van der Waals surface area contributed by atoms with Gasteiger partial charge in [-0.05, 0) is 6.07 Å². The maximum atomic E-state index is 11.6. The molecule has 1 aromatic heterocycles. The fraction of sp³-hybridized carbons (Fsp3) is 0.556. The molecule has 18 heavy (non-hydrogen) atoms. The molecule has 2 heterocycles. The van der Waals surface area contributed by atoms with Gasteiger partial charge in [0.05, 0.1) is 0 Å². The van der Waals surface area contributed by atoms with Gasteiger partial charge in [0.25, 0.3) is 0 Å². The fourth-order valence-electron chi connectivity index (χ4n) is 1.76. The highest BCUT2D eigenvalue weighted by molar-refractivity contribution is 9.09. The molecular formula is C9H12BrN3O5. The van der Waals surface area contributed by atoms with Gasteiger partial charge in [-0.15, -0.1) is 0 Å². The van der Waals surface area contributed by atoms with E-state index < -0.39 is 35.2 Å². The fourth-order valence-corrected chi connectivity index (χ4v) is 2.20. The second kappa shape index (κ2) is 4.94. The quantitative estimate of drug-likeness (QED) is 0.471. The summed E-state index contributed by atoms with van der Waals surface area (Å²) in [5.74, 6) is 0.0429. The van der Waals surface area contributed by atoms with Crippen LogP contribution in [0.15, 0.2) is 17.1 Å². The average Bonchev–Trinajstić information content (AvgIpc) is 2.57. The number of ether oxygens (including phenoxy) is 1. The Balaban J connectivity index is 2.32. The minimum Gasteiger partial charge on any atom is -0.387 e. The van der Waals surface area contributed by atoms with Crippen molar-refractivity contribution in [2.24, 2.45) is 0 Å². The van der Waals surface area contributed by atoms with E-state index in [0.717, 1.165) is 4.57 Å². The van der Waals surface area contributed by atoms with Crippen molar-refractivity contribution in [2.75, 3.05) is 5.73 Å². The molecular weight excluding hydrogens is 310 g/mol. The zero-order valence-corrected chi connectivity index (χ0v) is 10.6. The largest absolute Gasteiger partial charge is 0.387 e. The van der Waals surface area contributed by atoms with Crippen molar-refractivity contribution < 1.29 is 20.1 Å². The molecule has 1 fully saturated rings. The lowest BCUT2D eigenvalue weighted by atomic mass is 10.1. The Kier molecular flexibility index (Phi) is 3.69. The van der Waals surface area contributed by atoms with Gasteiger partial charge in [0.1, 0.15) is 29.1 Å². The van der Waals surface area contributed by atoms with Crippen LogP contribution in [0.4, 0.5) is 5.82 Å². The van der Waals surface area contributed by atoms with E-state index in [0.29, 0.717) is 0 Å². The summed E-state index contributed by atoms with van der Waals surface area (Å²) in [7, 11) is 0. The van der Waals surface area contributed by atoms with Crippen LogP contribution in [-0.2, 0) is 4.74 Å². The van der Waals surface area contributed by atoms with Crippen LogP contribution in [0.5, 0.6) is 0 Å². The van der Waals surface area contributed by atoms with Crippen LogP contribution in [0.25, 0.3) is 0 Å². The molecule has 1 saturated heterocycles. The summed E-state index contributed by atoms with van der Waals surface area (Å²) in [4.78, 5) is 15.1. The Morgan fingerprint density at radius 3 is 2.67 bits per heavy atom. The lowest BCUT2D eigenvalue weighted by Gasteiger charge is -2.17. The number of alkyl halides is 1. The van der Waals surface area contributed by atoms with Crippen LogP contribution >= 0.6 is 15.9 Å². The minimum atomic E-state index is -1.36. The third kappa shape index (κ3) is 2.27. The smallest absolute Gasteiger partial charge is 0.351 e. The predicted octanol–water partition coefficient (Wildman–Crippen LogP) is -1.84. The van der Waals surface area contributed by atoms with Crippen molar-refractivity contribution in [1.82, 2.24) is 9.55 Å². The van der Waals surface area contributed by atoms with Crippen molar-refractivity contribution in [3.05, 3.63) is 22.7 Å². The van der Waals surface area contributed by atoms with Gasteiger partial charge in [-0.1, -0.05) is 15.9 Å². The Morgan fingerprint density at radius 1 is 1.50 bits per heavy atom. The molecule has 0 amide bonds. The number of anilines is 1. The average molecular weight is 322 g/mol. The van der Waals surface area contributed by atoms with Gasteiger partial charge in [0.2, 0.25) is 0 Å². The summed E-state index contributed by atoms with van der Waals surface area (Å²) in [6, 6.07) is 1.36. The van der Waals surface area contributed by atoms with E-state index in [1.54, 1.807) is 0 Å². The molecule has 5 N–H and O–H groups in total. The molecule has 8 nitrogen and oxygen atoms in total. The number of hydrogen-bond donors (Lipinski definition) is 4. The van der Waals surface area contributed by atoms with Crippen molar-refractivity contribution in [1.29, 1.82) is 0 Å². The molecule has 9 heteroatoms. The third-order valence-electron chi connectivity index (χ3n) is 2.67. The lowest BCUT2D eigenvalue weighted by Crippen LogP contribution is -2.37. The number of aliphatic hydroxyl groups excluding tert-OH is 3. The van der Waals surface area contributed by atoms with Gasteiger partial charge in [0.15, 0.2) is 6.23 Å². The molecule has 5 atom stereocenters. The van der Waals surface area contributed by atoms with Crippen molar-refractivity contribution in [3.63, 3.8) is 0 Å². The van der Waals surface area contributed by atoms with Crippen LogP contribution in [-0.4, -0.2) is 48.2 Å². The van der Waals surface area contributed by atoms with E-state index in [9.17, 15) is 20.1 Å². The molecule has 0 bridgehead atoms. The van der Waals surface area contributed by atoms with E-state index in [2.05, 4.69) is 20.9 Å². The summed E-state index contributed by atoms with van der Waals surface area (Å²) in [6.45, 7) is 0. The van der Waals surface area contributed by atoms with E-state index in [1.165, 1.54) is 12.3 Å². The van der Waals surface area contributed by atoms with Gasteiger partial charge in [-0.25, -0.2) is 4.79 Å². The van der Waals surface area contributed by atoms with Crippen molar-refractivity contribution in [2.45, 2.75) is 29.6 Å². The number of nitrogens with zero attached hydrogens (tertiary/aromatic N) is 2. The first-order valence-electron chi connectivity index (χ1n) is 5.10. The van der Waals surface area contributed by atoms with Crippen LogP contribution < -0.4 is 11.4 Å². The Labute approximate surface area is 110 Å². The van der Waals surface area contributed by atoms with E-state index in [1.807, 2.05) is 0 Å². The van der Waals surface area contributed by atoms with Crippen LogP contribution in [0.2, 0.25) is 0 Å². The van der Waals surface area contributed by atoms with Gasteiger partial charge in [0, 0.05) is 6.20 Å². The maximum Gasteiger partial charge on any atom is 0.351 e. The van der Waals surface area contributed by atoms with Gasteiger partial charge >= 0.3 is 5.69 Å². The summed E-state index contributed by atoms with van der Waals surface area (Å²) in [6.07, 6.45) is -3.56. The first-order chi connectivity index (χ1) is 8.41. The second-order valence-electron chi connectivity index (χ2n) is 3.89. The van der Waals surface area contributed by atoms with E-state index in [4.69, 9.17) is 10.5 Å². The third-order valence-corrected chi connectivity index (χ3v) is 3.19. The first kappa shape index (κ1) is 13.4. The Morgan fingerprint density at radius 2 is 2.17 bits per heavy atom. The zero-order valence-electron chi connectivity index (χ0n) is 9.05. The molecule has 0 spiro atoms. The SMILES string of the molecule is Nc1ccn([C@@H]2O[C@H](C(O)Br)[C@@H](O)[C@H]2O)c(=O)n1. The number of aliphatic hydroxyl groups is 3. The summed E-state index contributed by atoms with van der Waals surface area (Å²) >= 11 is 2.84. The maximum absolute atomic E-state index is 11.6. The molecule has 1 unspecified atom stereocenters. The molecule has 0 aliphatic carbocycles. The first-order valence-corrected chi connectivity index (χ1v) is 6.02. The zero-order chi connectivity index (χ0) is 13.4. The molecule has 2 rings (SSSR count). The van der Waals surface area contributed by atoms with Crippen LogP contribution in [0.1, 0.15) is 6.23 Å². The Bertz CT molecular complexity index is 493. The monoisotopic (exact) mass is 321 g/mol. The number of nitrogen functional groups attached to an aromatic ring is 1. The Hall–Kier alpha value is -1.00. The molecule has 0 aromatic carbocycles. The highest BCUT2D eigenvalue weighted by Gasteiger charge is 2.46. The molecule has 1 aliphatic heterocycles. The summed E-state index contributed by atoms with van der Waals surface area (Å²) in [5, 5.41) is 27.6. The number of rotatable bonds is 2. The highest BCUT2D eigenvalue weighted by atomic mass is 79.9. The highest BCUT2D eigenvalue weighted by Crippen LogP contribution is 2.31. The molecule has 1 aliphatic rings. The standard InChI is InChI=1S/C9H12BrN3O5/c10-7(16)6-4(14)5(15)8(18-6)13-2-1-3(11)12-9(13)17/h1-2,4-8,14-16H,(H2,11,12,17)/t4-,5+,6-,7?,8+/m0/s1. The predicted molar refractivity (Wildman–Crippen MR) is 63.8 cm³/mol. The van der Waals surface area contributed by atoms with Crippen LogP contribution in [0.3, 0.4) is 0 Å². The molecule has 0 saturated carbocycles. The number of nitrogens with two attached hydrogens (primary N) is 1. The van der Waals surface area contributed by atoms with Crippen molar-refractivity contribution in [3.8, 4) is 0 Å². The van der Waals surface area contributed by atoms with E-state index in [-0.39, 0.29) is 5.82 Å². The van der Waals surface area contributed by atoms with Crippen molar-refractivity contribution >= 4 is 21.7 Å². The van der Waals surface area contributed by atoms with Gasteiger partial charge in [-0.2, -0.15) is 4.98 Å². The minimum absolute atomic E-state index is 0.0429. The number of halogens is 1. The molecule has 0 radical (unpaired) electrons. The topological polar surface area (TPSA) is 131 Å². The van der Waals surface area contributed by atoms with Gasteiger partial charge < -0.3 is 25.8 Å².